The summed E-state index contributed by atoms with van der Waals surface area (Å²) in [5.41, 5.74) is 3.89. The van der Waals surface area contributed by atoms with E-state index in [0.717, 1.165) is 28.7 Å². The number of hydrogen-bond donors (Lipinski definition) is 1. The first-order valence-corrected chi connectivity index (χ1v) is 10.8. The molecule has 0 radical (unpaired) electrons. The molecule has 1 atom stereocenters. The quantitative estimate of drug-likeness (QED) is 0.521. The molecule has 1 aliphatic rings. The summed E-state index contributed by atoms with van der Waals surface area (Å²) in [6.45, 7) is 3.12. The van der Waals surface area contributed by atoms with E-state index in [4.69, 9.17) is 14.2 Å². The molecule has 0 bridgehead atoms. The van der Waals surface area contributed by atoms with Crippen LogP contribution in [0.15, 0.2) is 53.5 Å². The molecule has 7 nitrogen and oxygen atoms in total. The molecule has 0 fully saturated rings. The second-order valence-electron chi connectivity index (χ2n) is 8.08. The van der Waals surface area contributed by atoms with E-state index in [9.17, 15) is 14.7 Å². The molecule has 172 valence electrons. The van der Waals surface area contributed by atoms with Crippen LogP contribution in [-0.4, -0.2) is 43.1 Å². The van der Waals surface area contributed by atoms with Crippen LogP contribution in [0.5, 0.6) is 11.5 Å². The minimum absolute atomic E-state index is 0.165. The van der Waals surface area contributed by atoms with Gasteiger partial charge < -0.3 is 23.9 Å². The van der Waals surface area contributed by atoms with Crippen molar-refractivity contribution in [3.8, 4) is 22.8 Å². The number of fused-ring (bicyclic) bond motifs is 3. The molecule has 7 heteroatoms. The van der Waals surface area contributed by atoms with Gasteiger partial charge in [0, 0.05) is 38.0 Å². The number of aryl methyl sites for hydroxylation is 1. The number of aromatic carboxylic acids is 1. The summed E-state index contributed by atoms with van der Waals surface area (Å²) in [6.07, 6.45) is 2.83. The SMILES string of the molecule is COCCCOc1cc2c(cc1OC)-c1cc(=O)c(C(=O)O)cn1C(c1ccccc1C)C2. The molecule has 0 amide bonds. The number of carboxylic acids is 1. The molecule has 1 unspecified atom stereocenters. The third kappa shape index (κ3) is 4.36. The van der Waals surface area contributed by atoms with Gasteiger partial charge in [-0.2, -0.15) is 0 Å². The third-order valence-electron chi connectivity index (χ3n) is 6.02. The number of methoxy groups -OCH3 is 2. The lowest BCUT2D eigenvalue weighted by atomic mass is 9.87. The standard InChI is InChI=1S/C26H27NO6/c1-16-7-4-5-8-18(16)21-11-17-12-25(33-10-6-9-31-2)24(32-3)13-19(17)22-14-23(28)20(26(29)30)15-27(21)22/h4-5,7-8,12-15,21H,6,9-11H2,1-3H3,(H,29,30). The summed E-state index contributed by atoms with van der Waals surface area (Å²) in [5, 5.41) is 9.55. The maximum Gasteiger partial charge on any atom is 0.341 e. The number of nitrogens with zero attached hydrogens (tertiary/aromatic N) is 1. The van der Waals surface area contributed by atoms with Crippen LogP contribution < -0.4 is 14.9 Å². The Labute approximate surface area is 192 Å². The number of ether oxygens (including phenoxy) is 3. The Morgan fingerprint density at radius 1 is 1.12 bits per heavy atom. The fourth-order valence-electron chi connectivity index (χ4n) is 4.38. The second-order valence-corrected chi connectivity index (χ2v) is 8.08. The van der Waals surface area contributed by atoms with Gasteiger partial charge in [-0.05, 0) is 42.2 Å². The highest BCUT2D eigenvalue weighted by Crippen LogP contribution is 2.43. The van der Waals surface area contributed by atoms with Crippen LogP contribution in [0, 0.1) is 6.92 Å². The molecule has 33 heavy (non-hydrogen) atoms. The smallest absolute Gasteiger partial charge is 0.341 e. The van der Waals surface area contributed by atoms with Gasteiger partial charge in [0.1, 0.15) is 5.56 Å². The minimum atomic E-state index is -1.23. The summed E-state index contributed by atoms with van der Waals surface area (Å²) in [7, 11) is 3.23. The van der Waals surface area contributed by atoms with Crippen molar-refractivity contribution in [3.63, 3.8) is 0 Å². The average Bonchev–Trinajstić information content (AvgIpc) is 2.80. The fourth-order valence-corrected chi connectivity index (χ4v) is 4.38. The Morgan fingerprint density at radius 3 is 2.61 bits per heavy atom. The van der Waals surface area contributed by atoms with Crippen molar-refractivity contribution in [2.24, 2.45) is 0 Å². The van der Waals surface area contributed by atoms with Crippen LogP contribution in [0.4, 0.5) is 0 Å². The summed E-state index contributed by atoms with van der Waals surface area (Å²) in [4.78, 5) is 24.3. The van der Waals surface area contributed by atoms with Crippen molar-refractivity contribution in [1.29, 1.82) is 0 Å². The second kappa shape index (κ2) is 9.50. The highest BCUT2D eigenvalue weighted by Gasteiger charge is 2.29. The molecule has 2 aromatic carbocycles. The number of aromatic nitrogens is 1. The maximum atomic E-state index is 12.6. The number of carboxylic acid groups (broad SMARTS) is 1. The summed E-state index contributed by atoms with van der Waals surface area (Å²) < 4.78 is 18.5. The van der Waals surface area contributed by atoms with Gasteiger partial charge in [-0.3, -0.25) is 4.79 Å². The molecule has 0 saturated heterocycles. The number of hydrogen-bond acceptors (Lipinski definition) is 5. The zero-order chi connectivity index (χ0) is 23.5. The Kier molecular flexibility index (Phi) is 6.51. The summed E-state index contributed by atoms with van der Waals surface area (Å²) in [6, 6.07) is 13.1. The van der Waals surface area contributed by atoms with Gasteiger partial charge in [0.15, 0.2) is 16.9 Å². The van der Waals surface area contributed by atoms with E-state index in [1.165, 1.54) is 12.3 Å². The maximum absolute atomic E-state index is 12.6. The number of rotatable bonds is 8. The van der Waals surface area contributed by atoms with Crippen molar-refractivity contribution in [2.45, 2.75) is 25.8 Å². The zero-order valence-electron chi connectivity index (χ0n) is 19.0. The van der Waals surface area contributed by atoms with E-state index >= 15 is 0 Å². The van der Waals surface area contributed by atoms with Gasteiger partial charge in [-0.1, -0.05) is 24.3 Å². The molecule has 1 aliphatic heterocycles. The van der Waals surface area contributed by atoms with Gasteiger partial charge in [0.2, 0.25) is 0 Å². The van der Waals surface area contributed by atoms with Crippen LogP contribution in [0.25, 0.3) is 11.3 Å². The molecule has 1 N–H and O–H groups in total. The lowest BCUT2D eigenvalue weighted by Gasteiger charge is -2.32. The molecule has 2 heterocycles. The van der Waals surface area contributed by atoms with Crippen LogP contribution in [0.2, 0.25) is 0 Å². The predicted octanol–water partition coefficient (Wildman–Crippen LogP) is 4.09. The van der Waals surface area contributed by atoms with Gasteiger partial charge in [0.05, 0.1) is 25.5 Å². The number of pyridine rings is 1. The van der Waals surface area contributed by atoms with Crippen LogP contribution >= 0.6 is 0 Å². The molecule has 0 aliphatic carbocycles. The zero-order valence-corrected chi connectivity index (χ0v) is 19.0. The molecular weight excluding hydrogens is 422 g/mol. The van der Waals surface area contributed by atoms with E-state index in [1.54, 1.807) is 14.2 Å². The summed E-state index contributed by atoms with van der Waals surface area (Å²) in [5.74, 6) is -0.0438. The van der Waals surface area contributed by atoms with Crippen molar-refractivity contribution in [1.82, 2.24) is 4.57 Å². The van der Waals surface area contributed by atoms with E-state index in [-0.39, 0.29) is 11.6 Å². The number of benzene rings is 2. The Hall–Kier alpha value is -3.58. The molecule has 0 spiro atoms. The Morgan fingerprint density at radius 2 is 1.91 bits per heavy atom. The molecule has 0 saturated carbocycles. The number of carbonyl (C=O) groups is 1. The van der Waals surface area contributed by atoms with Crippen molar-refractivity contribution in [3.05, 3.63) is 81.1 Å². The topological polar surface area (TPSA) is 87.0 Å². The van der Waals surface area contributed by atoms with Crippen molar-refractivity contribution in [2.75, 3.05) is 27.4 Å². The average molecular weight is 450 g/mol. The van der Waals surface area contributed by atoms with Gasteiger partial charge in [-0.25, -0.2) is 4.79 Å². The third-order valence-corrected chi connectivity index (χ3v) is 6.02. The van der Waals surface area contributed by atoms with Gasteiger partial charge in [0.25, 0.3) is 0 Å². The highest BCUT2D eigenvalue weighted by atomic mass is 16.5. The molecule has 4 rings (SSSR count). The van der Waals surface area contributed by atoms with Crippen molar-refractivity contribution >= 4 is 5.97 Å². The van der Waals surface area contributed by atoms with Crippen LogP contribution in [0.3, 0.4) is 0 Å². The van der Waals surface area contributed by atoms with E-state index in [2.05, 4.69) is 0 Å². The molecule has 1 aromatic heterocycles. The van der Waals surface area contributed by atoms with Crippen LogP contribution in [-0.2, 0) is 11.2 Å². The lowest BCUT2D eigenvalue weighted by Crippen LogP contribution is -2.26. The Bertz CT molecular complexity index is 1250. The van der Waals surface area contributed by atoms with Gasteiger partial charge in [-0.15, -0.1) is 0 Å². The Balaban J connectivity index is 1.88. The van der Waals surface area contributed by atoms with Crippen LogP contribution in [0.1, 0.15) is 39.5 Å². The first kappa shape index (κ1) is 22.6. The highest BCUT2D eigenvalue weighted by molar-refractivity contribution is 5.88. The molecule has 3 aromatic rings. The lowest BCUT2D eigenvalue weighted by molar-refractivity contribution is 0.0694. The fraction of sp³-hybridized carbons (Fsp3) is 0.308. The minimum Gasteiger partial charge on any atom is -0.493 e. The summed E-state index contributed by atoms with van der Waals surface area (Å²) >= 11 is 0. The van der Waals surface area contributed by atoms with E-state index in [1.807, 2.05) is 47.9 Å². The van der Waals surface area contributed by atoms with Crippen molar-refractivity contribution < 1.29 is 24.1 Å². The normalized spacial score (nSPS) is 14.3. The van der Waals surface area contributed by atoms with E-state index in [0.29, 0.717) is 36.8 Å². The molecular formula is C26H27NO6. The first-order chi connectivity index (χ1) is 15.9. The monoisotopic (exact) mass is 449 g/mol. The first-order valence-electron chi connectivity index (χ1n) is 10.8. The predicted molar refractivity (Wildman–Crippen MR) is 125 cm³/mol. The largest absolute Gasteiger partial charge is 0.493 e. The van der Waals surface area contributed by atoms with Gasteiger partial charge >= 0.3 is 5.97 Å². The van der Waals surface area contributed by atoms with E-state index < -0.39 is 11.4 Å².